The lowest BCUT2D eigenvalue weighted by atomic mass is 10.1. The lowest BCUT2D eigenvalue weighted by Gasteiger charge is -2.09. The first-order valence-corrected chi connectivity index (χ1v) is 6.71. The molecule has 118 valence electrons. The van der Waals surface area contributed by atoms with Gasteiger partial charge in [0.25, 0.3) is 0 Å². The van der Waals surface area contributed by atoms with E-state index in [-0.39, 0.29) is 24.2 Å². The van der Waals surface area contributed by atoms with Crippen molar-refractivity contribution in [1.29, 1.82) is 0 Å². The van der Waals surface area contributed by atoms with E-state index in [0.717, 1.165) is 17.0 Å². The van der Waals surface area contributed by atoms with Crippen LogP contribution >= 0.6 is 0 Å². The van der Waals surface area contributed by atoms with Crippen LogP contribution in [0.1, 0.15) is 23.4 Å². The van der Waals surface area contributed by atoms with Crippen molar-refractivity contribution in [2.24, 2.45) is 0 Å². The molecule has 0 spiro atoms. The Labute approximate surface area is 127 Å². The van der Waals surface area contributed by atoms with Crippen LogP contribution in [0.3, 0.4) is 0 Å². The van der Waals surface area contributed by atoms with Crippen molar-refractivity contribution >= 4 is 11.6 Å². The van der Waals surface area contributed by atoms with E-state index in [0.29, 0.717) is 12.1 Å². The summed E-state index contributed by atoms with van der Waals surface area (Å²) in [7, 11) is 2.91. The number of nitrogens with one attached hydrogen (secondary N) is 1. The van der Waals surface area contributed by atoms with Crippen LogP contribution in [0.25, 0.3) is 0 Å². The number of hydrogen-bond acceptors (Lipinski definition) is 7. The summed E-state index contributed by atoms with van der Waals surface area (Å²) in [6.45, 7) is 3.68. The largest absolute Gasteiger partial charge is 0.479 e. The summed E-state index contributed by atoms with van der Waals surface area (Å²) in [6, 6.07) is 0.172. The molecule has 2 heterocycles. The van der Waals surface area contributed by atoms with E-state index in [1.807, 2.05) is 13.8 Å². The van der Waals surface area contributed by atoms with Crippen molar-refractivity contribution in [2.75, 3.05) is 19.5 Å². The van der Waals surface area contributed by atoms with Crippen molar-refractivity contribution in [1.82, 2.24) is 15.1 Å². The Hall–Kier alpha value is -2.64. The maximum atomic E-state index is 12.0. The molecule has 0 saturated heterocycles. The number of carbonyl (C=O) groups is 1. The van der Waals surface area contributed by atoms with Crippen LogP contribution < -0.4 is 14.8 Å². The number of ether oxygens (including phenoxy) is 2. The zero-order chi connectivity index (χ0) is 16.1. The first-order valence-electron chi connectivity index (χ1n) is 6.71. The number of methoxy groups -OCH3 is 2. The highest BCUT2D eigenvalue weighted by Crippen LogP contribution is 2.23. The lowest BCUT2D eigenvalue weighted by Crippen LogP contribution is -2.14. The van der Waals surface area contributed by atoms with Gasteiger partial charge in [-0.25, -0.2) is 4.98 Å². The van der Waals surface area contributed by atoms with Gasteiger partial charge < -0.3 is 19.3 Å². The molecule has 0 aliphatic rings. The van der Waals surface area contributed by atoms with Crippen molar-refractivity contribution in [2.45, 2.75) is 26.7 Å². The van der Waals surface area contributed by atoms with Gasteiger partial charge in [-0.2, -0.15) is 4.98 Å². The molecule has 1 N–H and O–H groups in total. The molecular weight excluding hydrogens is 288 g/mol. The van der Waals surface area contributed by atoms with Crippen LogP contribution in [0.5, 0.6) is 11.9 Å². The van der Waals surface area contributed by atoms with E-state index in [9.17, 15) is 4.79 Å². The van der Waals surface area contributed by atoms with Gasteiger partial charge in [-0.05, 0) is 20.3 Å². The van der Waals surface area contributed by atoms with Gasteiger partial charge >= 0.3 is 6.01 Å². The minimum absolute atomic E-state index is 0.172. The van der Waals surface area contributed by atoms with Crippen molar-refractivity contribution < 1.29 is 18.8 Å². The quantitative estimate of drug-likeness (QED) is 0.866. The first kappa shape index (κ1) is 15.7. The molecule has 0 bridgehead atoms. The van der Waals surface area contributed by atoms with Gasteiger partial charge in [0.2, 0.25) is 11.8 Å². The number of aromatic nitrogens is 3. The third-order valence-electron chi connectivity index (χ3n) is 3.16. The maximum absolute atomic E-state index is 12.0. The van der Waals surface area contributed by atoms with E-state index < -0.39 is 0 Å². The predicted molar refractivity (Wildman–Crippen MR) is 78.1 cm³/mol. The second-order valence-corrected chi connectivity index (χ2v) is 4.63. The molecule has 22 heavy (non-hydrogen) atoms. The summed E-state index contributed by atoms with van der Waals surface area (Å²) < 4.78 is 15.1. The summed E-state index contributed by atoms with van der Waals surface area (Å²) in [6.07, 6.45) is 2.28. The smallest absolute Gasteiger partial charge is 0.319 e. The average Bonchev–Trinajstić information content (AvgIpc) is 2.84. The summed E-state index contributed by atoms with van der Waals surface area (Å²) in [4.78, 5) is 20.0. The molecule has 0 fully saturated rings. The van der Waals surface area contributed by atoms with E-state index in [4.69, 9.17) is 14.0 Å². The second-order valence-electron chi connectivity index (χ2n) is 4.63. The van der Waals surface area contributed by atoms with Crippen LogP contribution in [0, 0.1) is 13.8 Å². The average molecular weight is 306 g/mol. The number of carbonyl (C=O) groups excluding carboxylic acids is 1. The third kappa shape index (κ3) is 3.51. The molecule has 0 atom stereocenters. The van der Waals surface area contributed by atoms with Crippen LogP contribution in [-0.2, 0) is 11.2 Å². The second kappa shape index (κ2) is 6.88. The van der Waals surface area contributed by atoms with E-state index in [2.05, 4.69) is 20.4 Å². The molecule has 0 unspecified atom stereocenters. The van der Waals surface area contributed by atoms with Gasteiger partial charge in [-0.15, -0.1) is 0 Å². The number of aryl methyl sites for hydroxylation is 2. The Morgan fingerprint density at radius 2 is 2.09 bits per heavy atom. The molecular formula is C14H18N4O4. The number of hydrogen-bond donors (Lipinski definition) is 1. The van der Waals surface area contributed by atoms with E-state index in [1.165, 1.54) is 20.4 Å². The topological polar surface area (TPSA) is 99.4 Å². The third-order valence-corrected chi connectivity index (χ3v) is 3.16. The van der Waals surface area contributed by atoms with Gasteiger partial charge in [0.05, 0.1) is 26.1 Å². The van der Waals surface area contributed by atoms with E-state index >= 15 is 0 Å². The predicted octanol–water partition coefficient (Wildman–Crippen LogP) is 1.67. The minimum atomic E-state index is -0.174. The minimum Gasteiger partial charge on any atom is -0.479 e. The molecule has 0 aliphatic carbocycles. The van der Waals surface area contributed by atoms with Crippen LogP contribution in [-0.4, -0.2) is 35.3 Å². The fourth-order valence-corrected chi connectivity index (χ4v) is 2.00. The Morgan fingerprint density at radius 1 is 1.32 bits per heavy atom. The van der Waals surface area contributed by atoms with Gasteiger partial charge in [0, 0.05) is 12.0 Å². The van der Waals surface area contributed by atoms with Crippen molar-refractivity contribution in [3.63, 3.8) is 0 Å². The number of amides is 1. The molecule has 0 saturated carbocycles. The summed E-state index contributed by atoms with van der Waals surface area (Å²) in [5.41, 5.74) is 2.15. The SMILES string of the molecule is COc1ncc(NC(=O)CCc2c(C)noc2C)c(OC)n1. The normalized spacial score (nSPS) is 10.4. The zero-order valence-corrected chi connectivity index (χ0v) is 13.0. The molecule has 0 aromatic carbocycles. The Morgan fingerprint density at radius 3 is 2.68 bits per heavy atom. The Bertz CT molecular complexity index is 649. The molecule has 2 aromatic heterocycles. The molecule has 8 heteroatoms. The van der Waals surface area contributed by atoms with Crippen molar-refractivity contribution in [3.8, 4) is 11.9 Å². The van der Waals surface area contributed by atoms with Gasteiger partial charge in [0.1, 0.15) is 11.4 Å². The number of nitrogens with zero attached hydrogens (tertiary/aromatic N) is 3. The molecule has 2 aromatic rings. The highest BCUT2D eigenvalue weighted by Gasteiger charge is 2.14. The fourth-order valence-electron chi connectivity index (χ4n) is 2.00. The standard InChI is InChI=1S/C14H18N4O4/c1-8-10(9(2)22-18-8)5-6-12(19)16-11-7-15-14(21-4)17-13(11)20-3/h7H,5-6H2,1-4H3,(H,16,19). The maximum Gasteiger partial charge on any atom is 0.319 e. The fraction of sp³-hybridized carbons (Fsp3) is 0.429. The number of rotatable bonds is 6. The van der Waals surface area contributed by atoms with Crippen molar-refractivity contribution in [3.05, 3.63) is 23.2 Å². The van der Waals surface area contributed by atoms with Crippen LogP contribution in [0.4, 0.5) is 5.69 Å². The first-order chi connectivity index (χ1) is 10.5. The highest BCUT2D eigenvalue weighted by molar-refractivity contribution is 5.91. The molecule has 2 rings (SSSR count). The summed E-state index contributed by atoms with van der Waals surface area (Å²) >= 11 is 0. The lowest BCUT2D eigenvalue weighted by molar-refractivity contribution is -0.116. The molecule has 8 nitrogen and oxygen atoms in total. The Kier molecular flexibility index (Phi) is 4.92. The summed E-state index contributed by atoms with van der Waals surface area (Å²) in [5, 5.41) is 6.58. The Balaban J connectivity index is 2.00. The summed E-state index contributed by atoms with van der Waals surface area (Å²) in [5.74, 6) is 0.806. The van der Waals surface area contributed by atoms with Crippen LogP contribution in [0.2, 0.25) is 0 Å². The molecule has 0 aliphatic heterocycles. The monoisotopic (exact) mass is 306 g/mol. The van der Waals surface area contributed by atoms with Crippen LogP contribution in [0.15, 0.2) is 10.7 Å². The highest BCUT2D eigenvalue weighted by atomic mass is 16.5. The van der Waals surface area contributed by atoms with Gasteiger partial charge in [0.15, 0.2) is 0 Å². The molecule has 1 amide bonds. The van der Waals surface area contributed by atoms with Gasteiger partial charge in [-0.3, -0.25) is 4.79 Å². The van der Waals surface area contributed by atoms with Gasteiger partial charge in [-0.1, -0.05) is 5.16 Å². The number of anilines is 1. The van der Waals surface area contributed by atoms with E-state index in [1.54, 1.807) is 0 Å². The molecule has 0 radical (unpaired) electrons. The zero-order valence-electron chi connectivity index (χ0n) is 13.0.